The van der Waals surface area contributed by atoms with Crippen molar-refractivity contribution in [3.63, 3.8) is 0 Å². The number of nitrogens with one attached hydrogen (secondary N) is 1. The van der Waals surface area contributed by atoms with Crippen molar-refractivity contribution in [1.82, 2.24) is 20.2 Å². The fraction of sp³-hybridized carbons (Fsp3) is 0.350. The zero-order valence-corrected chi connectivity index (χ0v) is 15.3. The zero-order valence-electron chi connectivity index (χ0n) is 15.3. The Kier molecular flexibility index (Phi) is 4.77. The molecule has 2 aliphatic rings. The largest absolute Gasteiger partial charge is 0.437 e. The molecule has 8 nitrogen and oxygen atoms in total. The van der Waals surface area contributed by atoms with E-state index in [1.54, 1.807) is 36.7 Å². The summed E-state index contributed by atoms with van der Waals surface area (Å²) in [7, 11) is 0. The Morgan fingerprint density at radius 2 is 1.96 bits per heavy atom. The highest BCUT2D eigenvalue weighted by atomic mass is 16.5. The van der Waals surface area contributed by atoms with E-state index in [4.69, 9.17) is 4.74 Å². The van der Waals surface area contributed by atoms with Crippen LogP contribution in [0.15, 0.2) is 42.9 Å². The highest BCUT2D eigenvalue weighted by Crippen LogP contribution is 2.33. The van der Waals surface area contributed by atoms with Crippen LogP contribution in [0.4, 0.5) is 4.79 Å². The van der Waals surface area contributed by atoms with Gasteiger partial charge < -0.3 is 10.1 Å². The fourth-order valence-corrected chi connectivity index (χ4v) is 3.68. The highest BCUT2D eigenvalue weighted by Gasteiger charge is 2.51. The van der Waals surface area contributed by atoms with Gasteiger partial charge in [0.1, 0.15) is 11.3 Å². The van der Waals surface area contributed by atoms with Crippen LogP contribution in [0.25, 0.3) is 0 Å². The molecular weight excluding hydrogens is 360 g/mol. The second-order valence-electron chi connectivity index (χ2n) is 7.06. The lowest BCUT2D eigenvalue weighted by Crippen LogP contribution is -2.48. The number of nitrogens with zero attached hydrogens (tertiary/aromatic N) is 3. The molecule has 3 amide bonds. The highest BCUT2D eigenvalue weighted by molar-refractivity contribution is 6.11. The number of ether oxygens (including phenoxy) is 1. The first-order chi connectivity index (χ1) is 13.6. The maximum Gasteiger partial charge on any atom is 0.325 e. The molecule has 0 unspecified atom stereocenters. The van der Waals surface area contributed by atoms with E-state index < -0.39 is 11.6 Å². The predicted octanol–water partition coefficient (Wildman–Crippen LogP) is 2.71. The van der Waals surface area contributed by atoms with Crippen molar-refractivity contribution in [1.29, 1.82) is 0 Å². The Morgan fingerprint density at radius 3 is 2.64 bits per heavy atom. The molecule has 1 saturated carbocycles. The minimum atomic E-state index is -0.824. The van der Waals surface area contributed by atoms with Gasteiger partial charge in [0.2, 0.25) is 5.88 Å². The quantitative estimate of drug-likeness (QED) is 0.632. The Morgan fingerprint density at radius 1 is 1.14 bits per heavy atom. The maximum atomic E-state index is 12.8. The minimum absolute atomic E-state index is 0.295. The molecule has 1 N–H and O–H groups in total. The molecular formula is C20H20N4O4. The smallest absolute Gasteiger partial charge is 0.325 e. The van der Waals surface area contributed by atoms with Crippen LogP contribution in [-0.2, 0) is 4.79 Å². The van der Waals surface area contributed by atoms with Gasteiger partial charge in [-0.25, -0.2) is 9.78 Å². The van der Waals surface area contributed by atoms with Gasteiger partial charge in [-0.05, 0) is 31.0 Å². The van der Waals surface area contributed by atoms with Crippen molar-refractivity contribution in [2.45, 2.75) is 37.6 Å². The van der Waals surface area contributed by atoms with Crippen LogP contribution in [0.5, 0.6) is 11.6 Å². The number of amides is 3. The van der Waals surface area contributed by atoms with Crippen molar-refractivity contribution in [2.24, 2.45) is 0 Å². The number of aromatic nitrogens is 2. The summed E-state index contributed by atoms with van der Waals surface area (Å²) in [5, 5.41) is 2.81. The van der Waals surface area contributed by atoms with Crippen LogP contribution < -0.4 is 10.1 Å². The van der Waals surface area contributed by atoms with Crippen LogP contribution in [-0.4, -0.2) is 44.7 Å². The molecule has 0 atom stereocenters. The van der Waals surface area contributed by atoms with Gasteiger partial charge in [0.25, 0.3) is 5.91 Å². The van der Waals surface area contributed by atoms with Crippen molar-refractivity contribution in [3.05, 3.63) is 48.4 Å². The van der Waals surface area contributed by atoms with Gasteiger partial charge in [0, 0.05) is 24.0 Å². The average Bonchev–Trinajstić information content (AvgIpc) is 2.94. The van der Waals surface area contributed by atoms with Crippen molar-refractivity contribution < 1.29 is 19.1 Å². The average molecular weight is 380 g/mol. The van der Waals surface area contributed by atoms with Crippen LogP contribution >= 0.6 is 0 Å². The van der Waals surface area contributed by atoms with E-state index in [0.717, 1.165) is 24.2 Å². The lowest BCUT2D eigenvalue weighted by Gasteiger charge is -2.30. The lowest BCUT2D eigenvalue weighted by molar-refractivity contribution is -0.132. The molecule has 2 fully saturated rings. The Balaban J connectivity index is 1.42. The summed E-state index contributed by atoms with van der Waals surface area (Å²) < 4.78 is 5.54. The van der Waals surface area contributed by atoms with Gasteiger partial charge >= 0.3 is 6.03 Å². The number of Topliss-reactive ketones (excluding diaryl/α,β-unsaturated/α-hetero) is 1. The lowest BCUT2D eigenvalue weighted by atomic mass is 9.82. The number of imide groups is 1. The van der Waals surface area contributed by atoms with Crippen molar-refractivity contribution in [2.75, 3.05) is 6.54 Å². The van der Waals surface area contributed by atoms with E-state index in [-0.39, 0.29) is 18.2 Å². The normalized spacial score (nSPS) is 18.2. The third-order valence-electron chi connectivity index (χ3n) is 5.17. The Labute approximate surface area is 161 Å². The molecule has 144 valence electrons. The molecule has 4 rings (SSSR count). The fourth-order valence-electron chi connectivity index (χ4n) is 3.68. The molecule has 2 aromatic heterocycles. The number of hydrogen-bond donors (Lipinski definition) is 1. The molecule has 0 bridgehead atoms. The number of hydrogen-bond acceptors (Lipinski definition) is 6. The molecule has 0 aromatic carbocycles. The number of ketones is 1. The molecule has 3 heterocycles. The Hall–Kier alpha value is -3.29. The predicted molar refractivity (Wildman–Crippen MR) is 98.9 cm³/mol. The van der Waals surface area contributed by atoms with E-state index in [2.05, 4.69) is 15.3 Å². The molecule has 28 heavy (non-hydrogen) atoms. The third kappa shape index (κ3) is 3.45. The summed E-state index contributed by atoms with van der Waals surface area (Å²) in [6, 6.07) is 6.12. The van der Waals surface area contributed by atoms with Crippen molar-refractivity contribution in [3.8, 4) is 11.6 Å². The van der Waals surface area contributed by atoms with E-state index >= 15 is 0 Å². The second kappa shape index (κ2) is 7.38. The molecule has 8 heteroatoms. The van der Waals surface area contributed by atoms with E-state index in [9.17, 15) is 14.4 Å². The SMILES string of the molecule is O=C(CN1C(=O)NC2(CCCCC2)C1=O)c1ccc(Oc2cccnc2)nc1. The van der Waals surface area contributed by atoms with Gasteiger partial charge in [0.05, 0.1) is 12.7 Å². The monoisotopic (exact) mass is 380 g/mol. The molecule has 1 aliphatic carbocycles. The molecule has 0 radical (unpaired) electrons. The van der Waals surface area contributed by atoms with Gasteiger partial charge in [-0.15, -0.1) is 0 Å². The first-order valence-corrected chi connectivity index (χ1v) is 9.29. The van der Waals surface area contributed by atoms with E-state index in [0.29, 0.717) is 30.0 Å². The maximum absolute atomic E-state index is 12.8. The summed E-state index contributed by atoms with van der Waals surface area (Å²) in [5.74, 6) is 0.207. The number of carbonyl (C=O) groups is 3. The van der Waals surface area contributed by atoms with Crippen LogP contribution in [0.2, 0.25) is 0 Å². The number of rotatable bonds is 5. The number of carbonyl (C=O) groups excluding carboxylic acids is 3. The summed E-state index contributed by atoms with van der Waals surface area (Å²) in [6.07, 6.45) is 8.68. The molecule has 2 aromatic rings. The van der Waals surface area contributed by atoms with E-state index in [1.807, 2.05) is 0 Å². The Bertz CT molecular complexity index is 892. The standard InChI is InChI=1S/C20H20N4O4/c25-16(13-24-18(26)20(23-19(24)27)8-2-1-3-9-20)14-6-7-17(22-11-14)28-15-5-4-10-21-12-15/h4-7,10-12H,1-3,8-9,13H2,(H,23,27). The number of urea groups is 1. The third-order valence-corrected chi connectivity index (χ3v) is 5.17. The topological polar surface area (TPSA) is 101 Å². The molecule has 1 saturated heterocycles. The van der Waals surface area contributed by atoms with Gasteiger partial charge in [-0.1, -0.05) is 19.3 Å². The van der Waals surface area contributed by atoms with Crippen molar-refractivity contribution >= 4 is 17.7 Å². The minimum Gasteiger partial charge on any atom is -0.437 e. The second-order valence-corrected chi connectivity index (χ2v) is 7.06. The summed E-state index contributed by atoms with van der Waals surface area (Å²) in [4.78, 5) is 46.7. The van der Waals surface area contributed by atoms with E-state index in [1.165, 1.54) is 6.20 Å². The summed E-state index contributed by atoms with van der Waals surface area (Å²) >= 11 is 0. The van der Waals surface area contributed by atoms with Gasteiger partial charge in [-0.2, -0.15) is 0 Å². The number of pyridine rings is 2. The first-order valence-electron chi connectivity index (χ1n) is 9.29. The first kappa shape index (κ1) is 18.1. The van der Waals surface area contributed by atoms with Crippen LogP contribution in [0.1, 0.15) is 42.5 Å². The molecule has 1 spiro atoms. The van der Waals surface area contributed by atoms with Gasteiger partial charge in [-0.3, -0.25) is 19.5 Å². The van der Waals surface area contributed by atoms with Gasteiger partial charge in [0.15, 0.2) is 5.78 Å². The van der Waals surface area contributed by atoms with Crippen LogP contribution in [0.3, 0.4) is 0 Å². The summed E-state index contributed by atoms with van der Waals surface area (Å²) in [5.41, 5.74) is -0.515. The molecule has 1 aliphatic heterocycles. The summed E-state index contributed by atoms with van der Waals surface area (Å²) in [6.45, 7) is -0.295. The zero-order chi connectivity index (χ0) is 19.6. The van der Waals surface area contributed by atoms with Crippen LogP contribution in [0, 0.1) is 0 Å².